The lowest BCUT2D eigenvalue weighted by Gasteiger charge is -2.24. The SMILES string of the molecule is CCC(=O)C(O)(Oc1ccc(Oc2nc3cc(Cl)ccc3o2)cc1)C(=O)OC. The van der Waals surface area contributed by atoms with Crippen LogP contribution in [0.2, 0.25) is 5.02 Å². The molecule has 0 saturated carbocycles. The normalized spacial score (nSPS) is 13.0. The van der Waals surface area contributed by atoms with Crippen LogP contribution in [-0.2, 0) is 14.3 Å². The monoisotopic (exact) mass is 405 g/mol. The molecule has 1 unspecified atom stereocenters. The van der Waals surface area contributed by atoms with E-state index in [9.17, 15) is 14.7 Å². The van der Waals surface area contributed by atoms with Gasteiger partial charge in [0.1, 0.15) is 17.0 Å². The molecule has 3 aromatic rings. The summed E-state index contributed by atoms with van der Waals surface area (Å²) in [6.07, 6.45) is -0.104. The van der Waals surface area contributed by atoms with E-state index in [1.807, 2.05) is 0 Å². The fraction of sp³-hybridized carbons (Fsp3) is 0.211. The van der Waals surface area contributed by atoms with Gasteiger partial charge < -0.3 is 23.7 Å². The number of ketones is 1. The number of benzene rings is 2. The van der Waals surface area contributed by atoms with Crippen LogP contribution in [-0.4, -0.2) is 34.7 Å². The fourth-order valence-electron chi connectivity index (χ4n) is 2.36. The van der Waals surface area contributed by atoms with Gasteiger partial charge in [0.25, 0.3) is 0 Å². The molecule has 0 aliphatic carbocycles. The Morgan fingerprint density at radius 1 is 1.18 bits per heavy atom. The number of oxazole rings is 1. The Labute approximate surface area is 164 Å². The van der Waals surface area contributed by atoms with Crippen molar-refractivity contribution in [3.8, 4) is 17.6 Å². The second kappa shape index (κ2) is 7.87. The number of nitrogens with zero attached hydrogens (tertiary/aromatic N) is 1. The van der Waals surface area contributed by atoms with E-state index in [4.69, 9.17) is 25.5 Å². The maximum atomic E-state index is 11.9. The Kier molecular flexibility index (Phi) is 5.53. The first-order valence-corrected chi connectivity index (χ1v) is 8.60. The van der Waals surface area contributed by atoms with E-state index in [0.717, 1.165) is 7.11 Å². The zero-order valence-corrected chi connectivity index (χ0v) is 15.7. The molecule has 1 atom stereocenters. The third kappa shape index (κ3) is 3.92. The highest BCUT2D eigenvalue weighted by Crippen LogP contribution is 2.29. The predicted octanol–water partition coefficient (Wildman–Crippen LogP) is 3.49. The van der Waals surface area contributed by atoms with Crippen molar-refractivity contribution in [2.24, 2.45) is 0 Å². The van der Waals surface area contributed by atoms with Gasteiger partial charge >= 0.3 is 17.8 Å². The summed E-state index contributed by atoms with van der Waals surface area (Å²) in [4.78, 5) is 27.9. The zero-order valence-electron chi connectivity index (χ0n) is 15.0. The van der Waals surface area contributed by atoms with Gasteiger partial charge in [-0.15, -0.1) is 0 Å². The average molecular weight is 406 g/mol. The Hall–Kier alpha value is -3.10. The van der Waals surface area contributed by atoms with Crippen LogP contribution in [0.1, 0.15) is 13.3 Å². The highest BCUT2D eigenvalue weighted by molar-refractivity contribution is 6.31. The van der Waals surface area contributed by atoms with Crippen LogP contribution >= 0.6 is 11.6 Å². The first-order valence-electron chi connectivity index (χ1n) is 8.23. The molecule has 1 heterocycles. The van der Waals surface area contributed by atoms with Crippen LogP contribution < -0.4 is 9.47 Å². The molecule has 0 fully saturated rings. The average Bonchev–Trinajstić information content (AvgIpc) is 3.09. The van der Waals surface area contributed by atoms with Crippen molar-refractivity contribution in [2.45, 2.75) is 19.1 Å². The number of Topliss-reactive ketones (excluding diaryl/α,β-unsaturated/α-hetero) is 1. The molecule has 28 heavy (non-hydrogen) atoms. The number of carbonyl (C=O) groups is 2. The summed E-state index contributed by atoms with van der Waals surface area (Å²) in [7, 11) is 1.05. The van der Waals surface area contributed by atoms with Crippen molar-refractivity contribution < 1.29 is 33.3 Å². The minimum absolute atomic E-state index is 0.0122. The number of carbonyl (C=O) groups excluding carboxylic acids is 2. The lowest BCUT2D eigenvalue weighted by molar-refractivity contribution is -0.199. The van der Waals surface area contributed by atoms with Gasteiger partial charge in [-0.25, -0.2) is 4.79 Å². The molecule has 146 valence electrons. The first kappa shape index (κ1) is 19.7. The van der Waals surface area contributed by atoms with E-state index < -0.39 is 17.5 Å². The molecule has 0 amide bonds. The summed E-state index contributed by atoms with van der Waals surface area (Å²) in [6, 6.07) is 10.8. The van der Waals surface area contributed by atoms with Gasteiger partial charge in [0.2, 0.25) is 5.78 Å². The van der Waals surface area contributed by atoms with Crippen molar-refractivity contribution >= 4 is 34.5 Å². The highest BCUT2D eigenvalue weighted by atomic mass is 35.5. The number of methoxy groups -OCH3 is 1. The largest absolute Gasteiger partial charge is 0.464 e. The topological polar surface area (TPSA) is 108 Å². The van der Waals surface area contributed by atoms with E-state index in [1.54, 1.807) is 18.2 Å². The lowest BCUT2D eigenvalue weighted by atomic mass is 10.1. The molecule has 3 rings (SSSR count). The molecule has 0 bridgehead atoms. The van der Waals surface area contributed by atoms with E-state index in [2.05, 4.69) is 9.72 Å². The standard InChI is InChI=1S/C19H16ClNO7/c1-3-16(22)19(24,17(23)25-2)28-13-7-5-12(6-8-13)26-18-21-14-10-11(20)4-9-15(14)27-18/h4-10,24H,3H2,1-2H3. The van der Waals surface area contributed by atoms with Gasteiger partial charge in [-0.1, -0.05) is 18.5 Å². The van der Waals surface area contributed by atoms with Crippen LogP contribution in [0.3, 0.4) is 0 Å². The zero-order chi connectivity index (χ0) is 20.3. The third-order valence-corrected chi connectivity index (χ3v) is 4.02. The number of fused-ring (bicyclic) bond motifs is 1. The fourth-order valence-corrected chi connectivity index (χ4v) is 2.53. The van der Waals surface area contributed by atoms with Crippen molar-refractivity contribution in [1.29, 1.82) is 0 Å². The number of halogens is 1. The smallest absolute Gasteiger partial charge is 0.400 e. The number of ether oxygens (including phenoxy) is 3. The van der Waals surface area contributed by atoms with Crippen LogP contribution in [0.4, 0.5) is 0 Å². The number of hydrogen-bond acceptors (Lipinski definition) is 8. The minimum atomic E-state index is -2.72. The van der Waals surface area contributed by atoms with E-state index in [-0.39, 0.29) is 18.2 Å². The van der Waals surface area contributed by atoms with Gasteiger partial charge in [-0.2, -0.15) is 4.98 Å². The Bertz CT molecular complexity index is 997. The molecule has 8 nitrogen and oxygen atoms in total. The minimum Gasteiger partial charge on any atom is -0.464 e. The highest BCUT2D eigenvalue weighted by Gasteiger charge is 2.47. The number of esters is 1. The van der Waals surface area contributed by atoms with Crippen LogP contribution in [0.15, 0.2) is 46.9 Å². The van der Waals surface area contributed by atoms with Crippen LogP contribution in [0, 0.1) is 0 Å². The third-order valence-electron chi connectivity index (χ3n) is 3.79. The Balaban J connectivity index is 1.76. The maximum absolute atomic E-state index is 11.9. The van der Waals surface area contributed by atoms with Gasteiger partial charge in [0.15, 0.2) is 5.58 Å². The molecule has 0 aliphatic heterocycles. The van der Waals surface area contributed by atoms with Crippen molar-refractivity contribution in [3.63, 3.8) is 0 Å². The molecule has 0 spiro atoms. The maximum Gasteiger partial charge on any atom is 0.400 e. The summed E-state index contributed by atoms with van der Waals surface area (Å²) >= 11 is 5.91. The quantitative estimate of drug-likeness (QED) is 0.361. The van der Waals surface area contributed by atoms with Gasteiger partial charge in [0, 0.05) is 11.4 Å². The number of aliphatic hydroxyl groups is 1. The molecule has 1 aromatic heterocycles. The molecule has 0 radical (unpaired) electrons. The summed E-state index contributed by atoms with van der Waals surface area (Å²) in [5.41, 5.74) is 1.06. The Morgan fingerprint density at radius 3 is 2.50 bits per heavy atom. The second-order valence-corrected chi connectivity index (χ2v) is 6.12. The molecule has 9 heteroatoms. The summed E-state index contributed by atoms with van der Waals surface area (Å²) in [6.45, 7) is 1.49. The number of hydrogen-bond donors (Lipinski definition) is 1. The number of rotatable bonds is 7. The van der Waals surface area contributed by atoms with Crippen LogP contribution in [0.25, 0.3) is 11.1 Å². The molecule has 0 aliphatic rings. The predicted molar refractivity (Wildman–Crippen MR) is 98.4 cm³/mol. The van der Waals surface area contributed by atoms with Gasteiger partial charge in [-0.3, -0.25) is 4.79 Å². The molecule has 2 aromatic carbocycles. The second-order valence-electron chi connectivity index (χ2n) is 5.68. The molecule has 1 N–H and O–H groups in total. The van der Waals surface area contributed by atoms with Gasteiger partial charge in [-0.05, 0) is 42.5 Å². The van der Waals surface area contributed by atoms with E-state index in [1.165, 1.54) is 31.2 Å². The van der Waals surface area contributed by atoms with Crippen molar-refractivity contribution in [1.82, 2.24) is 4.98 Å². The lowest BCUT2D eigenvalue weighted by Crippen LogP contribution is -2.52. The summed E-state index contributed by atoms with van der Waals surface area (Å²) in [5, 5.41) is 10.8. The molecular formula is C19H16ClNO7. The molecule has 0 saturated heterocycles. The van der Waals surface area contributed by atoms with E-state index >= 15 is 0 Å². The number of aromatic nitrogens is 1. The van der Waals surface area contributed by atoms with Gasteiger partial charge in [0.05, 0.1) is 7.11 Å². The van der Waals surface area contributed by atoms with Crippen molar-refractivity contribution in [2.75, 3.05) is 7.11 Å². The summed E-state index contributed by atoms with van der Waals surface area (Å²) < 4.78 is 20.6. The first-order chi connectivity index (χ1) is 13.4. The Morgan fingerprint density at radius 2 is 1.86 bits per heavy atom. The van der Waals surface area contributed by atoms with Crippen molar-refractivity contribution in [3.05, 3.63) is 47.5 Å². The molecular weight excluding hydrogens is 390 g/mol. The van der Waals surface area contributed by atoms with E-state index in [0.29, 0.717) is 21.9 Å². The summed E-state index contributed by atoms with van der Waals surface area (Å²) in [5.74, 6) is -4.33. The van der Waals surface area contributed by atoms with Crippen LogP contribution in [0.5, 0.6) is 17.6 Å².